The van der Waals surface area contributed by atoms with Crippen LogP contribution >= 0.6 is 0 Å². The van der Waals surface area contributed by atoms with Gasteiger partial charge in [0.1, 0.15) is 17.1 Å². The minimum Gasteiger partial charge on any atom is -0.507 e. The highest BCUT2D eigenvalue weighted by atomic mass is 16.7. The number of fused-ring (bicyclic) bond motifs is 1. The molecule has 0 bridgehead atoms. The van der Waals surface area contributed by atoms with Crippen molar-refractivity contribution >= 4 is 5.91 Å². The van der Waals surface area contributed by atoms with Crippen LogP contribution in [-0.4, -0.2) is 24.9 Å². The number of amides is 1. The number of methoxy groups -OCH3 is 1. The molecule has 3 rings (SSSR count). The fraction of sp³-hybridized carbons (Fsp3) is 0.188. The van der Waals surface area contributed by atoms with Gasteiger partial charge in [0, 0.05) is 6.54 Å². The normalized spacial score (nSPS) is 12.0. The van der Waals surface area contributed by atoms with Crippen LogP contribution in [0.3, 0.4) is 0 Å². The van der Waals surface area contributed by atoms with E-state index in [9.17, 15) is 9.90 Å². The van der Waals surface area contributed by atoms with Crippen LogP contribution in [0.5, 0.6) is 23.0 Å². The van der Waals surface area contributed by atoms with Gasteiger partial charge in [-0.25, -0.2) is 0 Å². The summed E-state index contributed by atoms with van der Waals surface area (Å²) in [5.41, 5.74) is 0.984. The zero-order valence-corrected chi connectivity index (χ0v) is 12.0. The molecule has 2 N–H and O–H groups in total. The van der Waals surface area contributed by atoms with Gasteiger partial charge in [0.15, 0.2) is 11.5 Å². The van der Waals surface area contributed by atoms with E-state index in [1.807, 2.05) is 12.1 Å². The summed E-state index contributed by atoms with van der Waals surface area (Å²) in [5.74, 6) is 1.14. The van der Waals surface area contributed by atoms with Gasteiger partial charge in [-0.3, -0.25) is 4.79 Å². The third-order valence-electron chi connectivity index (χ3n) is 3.34. The summed E-state index contributed by atoms with van der Waals surface area (Å²) in [7, 11) is 1.45. The Morgan fingerprint density at radius 3 is 2.91 bits per heavy atom. The first-order chi connectivity index (χ1) is 10.7. The second-order valence-electron chi connectivity index (χ2n) is 4.72. The number of phenolic OH excluding ortho intramolecular Hbond substituents is 1. The topological polar surface area (TPSA) is 77.0 Å². The molecular weight excluding hydrogens is 286 g/mol. The lowest BCUT2D eigenvalue weighted by Crippen LogP contribution is -2.23. The van der Waals surface area contributed by atoms with E-state index >= 15 is 0 Å². The smallest absolute Gasteiger partial charge is 0.259 e. The Kier molecular flexibility index (Phi) is 3.74. The second-order valence-corrected chi connectivity index (χ2v) is 4.72. The number of hydrogen-bond acceptors (Lipinski definition) is 5. The van der Waals surface area contributed by atoms with Crippen molar-refractivity contribution in [2.24, 2.45) is 0 Å². The molecule has 0 fully saturated rings. The second kappa shape index (κ2) is 5.85. The molecule has 0 saturated carbocycles. The van der Waals surface area contributed by atoms with Crippen molar-refractivity contribution in [1.82, 2.24) is 5.32 Å². The number of ether oxygens (including phenoxy) is 3. The molecular formula is C16H15NO5. The predicted octanol–water partition coefficient (Wildman–Crippen LogP) is 2.06. The molecule has 1 heterocycles. The van der Waals surface area contributed by atoms with Crippen molar-refractivity contribution < 1.29 is 24.1 Å². The molecule has 0 radical (unpaired) electrons. The fourth-order valence-corrected chi connectivity index (χ4v) is 2.24. The first kappa shape index (κ1) is 14.1. The number of carbonyl (C=O) groups is 1. The van der Waals surface area contributed by atoms with Crippen LogP contribution in [0.25, 0.3) is 0 Å². The van der Waals surface area contributed by atoms with E-state index in [0.29, 0.717) is 23.8 Å². The third-order valence-corrected chi connectivity index (χ3v) is 3.34. The van der Waals surface area contributed by atoms with Crippen LogP contribution < -0.4 is 19.5 Å². The average molecular weight is 301 g/mol. The first-order valence-electron chi connectivity index (χ1n) is 6.71. The number of hydrogen-bond donors (Lipinski definition) is 2. The molecule has 1 amide bonds. The van der Waals surface area contributed by atoms with Crippen molar-refractivity contribution in [2.45, 2.75) is 6.54 Å². The zero-order chi connectivity index (χ0) is 15.5. The van der Waals surface area contributed by atoms with Gasteiger partial charge in [0.2, 0.25) is 6.79 Å². The summed E-state index contributed by atoms with van der Waals surface area (Å²) < 4.78 is 15.6. The number of carbonyl (C=O) groups excluding carboxylic acids is 1. The Balaban J connectivity index is 1.73. The highest BCUT2D eigenvalue weighted by molar-refractivity contribution is 5.99. The summed E-state index contributed by atoms with van der Waals surface area (Å²) in [5, 5.41) is 12.6. The highest BCUT2D eigenvalue weighted by Gasteiger charge is 2.17. The van der Waals surface area contributed by atoms with Crippen molar-refractivity contribution in [3.05, 3.63) is 47.5 Å². The van der Waals surface area contributed by atoms with E-state index in [0.717, 1.165) is 5.56 Å². The lowest BCUT2D eigenvalue weighted by atomic mass is 10.1. The molecule has 6 nitrogen and oxygen atoms in total. The van der Waals surface area contributed by atoms with Crippen LogP contribution in [0.15, 0.2) is 36.4 Å². The maximum Gasteiger partial charge on any atom is 0.259 e. The van der Waals surface area contributed by atoms with E-state index in [1.54, 1.807) is 18.2 Å². The molecule has 6 heteroatoms. The largest absolute Gasteiger partial charge is 0.507 e. The van der Waals surface area contributed by atoms with Crippen molar-refractivity contribution in [1.29, 1.82) is 0 Å². The molecule has 0 atom stereocenters. The van der Waals surface area contributed by atoms with Crippen LogP contribution in [0.4, 0.5) is 0 Å². The van der Waals surface area contributed by atoms with E-state index in [-0.39, 0.29) is 18.1 Å². The van der Waals surface area contributed by atoms with Gasteiger partial charge in [-0.1, -0.05) is 12.1 Å². The SMILES string of the molecule is COc1cccc(O)c1C(=O)NCc1ccc2c(c1)OCO2. The van der Waals surface area contributed by atoms with Gasteiger partial charge < -0.3 is 24.6 Å². The number of nitrogens with one attached hydrogen (secondary N) is 1. The summed E-state index contributed by atoms with van der Waals surface area (Å²) >= 11 is 0. The molecule has 1 aliphatic rings. The Hall–Kier alpha value is -2.89. The molecule has 0 aromatic heterocycles. The number of phenols is 1. The minimum absolute atomic E-state index is 0.116. The molecule has 2 aromatic carbocycles. The minimum atomic E-state index is -0.410. The predicted molar refractivity (Wildman–Crippen MR) is 78.4 cm³/mol. The first-order valence-corrected chi connectivity index (χ1v) is 6.71. The van der Waals surface area contributed by atoms with Gasteiger partial charge in [-0.2, -0.15) is 0 Å². The van der Waals surface area contributed by atoms with Crippen molar-refractivity contribution in [3.8, 4) is 23.0 Å². The zero-order valence-electron chi connectivity index (χ0n) is 12.0. The molecule has 0 spiro atoms. The van der Waals surface area contributed by atoms with Gasteiger partial charge in [0.25, 0.3) is 5.91 Å². The molecule has 22 heavy (non-hydrogen) atoms. The van der Waals surface area contributed by atoms with Gasteiger partial charge >= 0.3 is 0 Å². The Bertz CT molecular complexity index is 714. The lowest BCUT2D eigenvalue weighted by molar-refractivity contribution is 0.0945. The summed E-state index contributed by atoms with van der Waals surface area (Å²) in [6.45, 7) is 0.507. The fourth-order valence-electron chi connectivity index (χ4n) is 2.24. The van der Waals surface area contributed by atoms with Gasteiger partial charge in [0.05, 0.1) is 7.11 Å². The van der Waals surface area contributed by atoms with Crippen LogP contribution in [0.2, 0.25) is 0 Å². The van der Waals surface area contributed by atoms with E-state index in [2.05, 4.69) is 5.32 Å². The monoisotopic (exact) mass is 301 g/mol. The third kappa shape index (κ3) is 2.63. The quantitative estimate of drug-likeness (QED) is 0.904. The van der Waals surface area contributed by atoms with Crippen molar-refractivity contribution in [2.75, 3.05) is 13.9 Å². The Labute approximate surface area is 127 Å². The molecule has 2 aromatic rings. The number of benzene rings is 2. The molecule has 114 valence electrons. The molecule has 0 saturated heterocycles. The number of rotatable bonds is 4. The molecule has 0 unspecified atom stereocenters. The summed E-state index contributed by atoms with van der Waals surface area (Å²) in [4.78, 5) is 12.2. The van der Waals surface area contributed by atoms with Crippen LogP contribution in [-0.2, 0) is 6.54 Å². The van der Waals surface area contributed by atoms with Crippen molar-refractivity contribution in [3.63, 3.8) is 0 Å². The highest BCUT2D eigenvalue weighted by Crippen LogP contribution is 2.32. The summed E-state index contributed by atoms with van der Waals surface area (Å²) in [6, 6.07) is 10.1. The maximum absolute atomic E-state index is 12.2. The lowest BCUT2D eigenvalue weighted by Gasteiger charge is -2.11. The van der Waals surface area contributed by atoms with E-state index < -0.39 is 5.91 Å². The Morgan fingerprint density at radius 1 is 1.27 bits per heavy atom. The average Bonchev–Trinajstić information content (AvgIpc) is 2.99. The van der Waals surface area contributed by atoms with Crippen LogP contribution in [0.1, 0.15) is 15.9 Å². The van der Waals surface area contributed by atoms with E-state index in [1.165, 1.54) is 13.2 Å². The van der Waals surface area contributed by atoms with Gasteiger partial charge in [-0.05, 0) is 29.8 Å². The van der Waals surface area contributed by atoms with Crippen LogP contribution in [0, 0.1) is 0 Å². The maximum atomic E-state index is 12.2. The van der Waals surface area contributed by atoms with Gasteiger partial charge in [-0.15, -0.1) is 0 Å². The Morgan fingerprint density at radius 2 is 2.09 bits per heavy atom. The molecule has 1 aliphatic heterocycles. The number of aromatic hydroxyl groups is 1. The standard InChI is InChI=1S/C16H15NO5/c1-20-13-4-2-3-11(18)15(13)16(19)17-8-10-5-6-12-14(7-10)22-9-21-12/h2-7,18H,8-9H2,1H3,(H,17,19). The van der Waals surface area contributed by atoms with E-state index in [4.69, 9.17) is 14.2 Å². The molecule has 0 aliphatic carbocycles. The summed E-state index contributed by atoms with van der Waals surface area (Å²) in [6.07, 6.45) is 0.